The molecule has 2 aromatic rings. The molecule has 9 heteroatoms. The van der Waals surface area contributed by atoms with E-state index in [4.69, 9.17) is 0 Å². The number of imidazole rings is 1. The van der Waals surface area contributed by atoms with Crippen LogP contribution < -0.4 is 0 Å². The lowest BCUT2D eigenvalue weighted by molar-refractivity contribution is 0.0764. The first kappa shape index (κ1) is 16.6. The number of nitrogens with zero attached hydrogens (tertiary/aromatic N) is 5. The molecule has 3 heterocycles. The third-order valence-corrected chi connectivity index (χ3v) is 5.72. The molecular formula is C15H19N5O3S. The van der Waals surface area contributed by atoms with Gasteiger partial charge in [-0.15, -0.1) is 0 Å². The smallest absolute Gasteiger partial charge is 0.262 e. The van der Waals surface area contributed by atoms with Crippen molar-refractivity contribution in [2.24, 2.45) is 7.05 Å². The van der Waals surface area contributed by atoms with Crippen molar-refractivity contribution in [3.63, 3.8) is 0 Å². The molecule has 0 spiro atoms. The molecule has 0 aromatic carbocycles. The van der Waals surface area contributed by atoms with E-state index in [1.807, 2.05) is 0 Å². The number of pyridine rings is 1. The number of sulfonamides is 1. The summed E-state index contributed by atoms with van der Waals surface area (Å²) in [6, 6.07) is 3.42. The van der Waals surface area contributed by atoms with Crippen LogP contribution in [0.25, 0.3) is 0 Å². The van der Waals surface area contributed by atoms with Gasteiger partial charge in [0.15, 0.2) is 5.03 Å². The molecule has 3 rings (SSSR count). The lowest BCUT2D eigenvalue weighted by Crippen LogP contribution is -2.37. The van der Waals surface area contributed by atoms with Crippen LogP contribution in [0.4, 0.5) is 0 Å². The molecule has 2 aromatic heterocycles. The van der Waals surface area contributed by atoms with Gasteiger partial charge in [-0.05, 0) is 18.6 Å². The summed E-state index contributed by atoms with van der Waals surface area (Å²) in [6.07, 6.45) is 6.66. The zero-order chi connectivity index (χ0) is 17.2. The molecule has 0 bridgehead atoms. The molecule has 128 valence electrons. The molecule has 0 aliphatic carbocycles. The molecule has 1 aliphatic rings. The van der Waals surface area contributed by atoms with Crippen molar-refractivity contribution in [1.29, 1.82) is 0 Å². The van der Waals surface area contributed by atoms with E-state index < -0.39 is 10.0 Å². The Balaban J connectivity index is 1.72. The quantitative estimate of drug-likeness (QED) is 0.798. The van der Waals surface area contributed by atoms with E-state index in [0.717, 1.165) is 0 Å². The third-order valence-electron chi connectivity index (χ3n) is 3.94. The average Bonchev–Trinajstić information content (AvgIpc) is 2.88. The van der Waals surface area contributed by atoms with Crippen LogP contribution in [0.3, 0.4) is 0 Å². The molecule has 24 heavy (non-hydrogen) atoms. The fraction of sp³-hybridized carbons (Fsp3) is 0.400. The third kappa shape index (κ3) is 3.31. The Kier molecular flexibility index (Phi) is 4.63. The molecule has 0 radical (unpaired) electrons. The average molecular weight is 349 g/mol. The van der Waals surface area contributed by atoms with Crippen molar-refractivity contribution >= 4 is 15.9 Å². The van der Waals surface area contributed by atoms with Crippen molar-refractivity contribution < 1.29 is 13.2 Å². The second-order valence-electron chi connectivity index (χ2n) is 5.67. The second-order valence-corrected chi connectivity index (χ2v) is 7.55. The topological polar surface area (TPSA) is 88.4 Å². The maximum Gasteiger partial charge on any atom is 0.262 e. The van der Waals surface area contributed by atoms with Crippen LogP contribution in [-0.4, -0.2) is 64.2 Å². The summed E-state index contributed by atoms with van der Waals surface area (Å²) in [7, 11) is -1.90. The molecule has 1 aliphatic heterocycles. The SMILES string of the molecule is Cn1cnc(S(=O)(=O)N2CCCN(C(=O)c3cccnc3)CC2)c1. The van der Waals surface area contributed by atoms with E-state index in [1.165, 1.54) is 23.0 Å². The number of amides is 1. The molecule has 1 amide bonds. The lowest BCUT2D eigenvalue weighted by Gasteiger charge is -2.21. The van der Waals surface area contributed by atoms with Gasteiger partial charge in [-0.3, -0.25) is 9.78 Å². The van der Waals surface area contributed by atoms with Crippen molar-refractivity contribution in [2.75, 3.05) is 26.2 Å². The molecule has 0 saturated carbocycles. The van der Waals surface area contributed by atoms with Gasteiger partial charge in [0.05, 0.1) is 11.9 Å². The number of rotatable bonds is 3. The standard InChI is InChI=1S/C15H19N5O3S/c1-18-11-14(17-12-18)24(22,23)20-7-3-6-19(8-9-20)15(21)13-4-2-5-16-10-13/h2,4-5,10-12H,3,6-9H2,1H3. The minimum atomic E-state index is -3.63. The van der Waals surface area contributed by atoms with Crippen LogP contribution in [0.15, 0.2) is 42.1 Å². The minimum absolute atomic E-state index is 0.0389. The van der Waals surface area contributed by atoms with E-state index in [-0.39, 0.29) is 17.5 Å². The van der Waals surface area contributed by atoms with Gasteiger partial charge < -0.3 is 9.47 Å². The first-order chi connectivity index (χ1) is 11.5. The number of aromatic nitrogens is 3. The Morgan fingerprint density at radius 2 is 2.04 bits per heavy atom. The van der Waals surface area contributed by atoms with E-state index in [1.54, 1.807) is 34.8 Å². The maximum absolute atomic E-state index is 12.6. The summed E-state index contributed by atoms with van der Waals surface area (Å²) in [5, 5.41) is 0.0389. The molecule has 1 saturated heterocycles. The van der Waals surface area contributed by atoms with E-state index in [0.29, 0.717) is 31.6 Å². The fourth-order valence-electron chi connectivity index (χ4n) is 2.66. The normalized spacial score (nSPS) is 16.8. The van der Waals surface area contributed by atoms with Gasteiger partial charge >= 0.3 is 0 Å². The number of hydrogen-bond donors (Lipinski definition) is 0. The Morgan fingerprint density at radius 3 is 2.71 bits per heavy atom. The summed E-state index contributed by atoms with van der Waals surface area (Å²) in [4.78, 5) is 22.1. The van der Waals surface area contributed by atoms with Crippen molar-refractivity contribution in [3.05, 3.63) is 42.6 Å². The molecule has 8 nitrogen and oxygen atoms in total. The molecular weight excluding hydrogens is 330 g/mol. The van der Waals surface area contributed by atoms with Crippen LogP contribution in [0, 0.1) is 0 Å². The zero-order valence-corrected chi connectivity index (χ0v) is 14.2. The maximum atomic E-state index is 12.6. The Bertz CT molecular complexity index is 819. The van der Waals surface area contributed by atoms with Crippen molar-refractivity contribution in [1.82, 2.24) is 23.7 Å². The predicted octanol–water partition coefficient (Wildman–Crippen LogP) is 0.352. The summed E-state index contributed by atoms with van der Waals surface area (Å²) < 4.78 is 28.3. The number of carbonyl (C=O) groups excluding carboxylic acids is 1. The second kappa shape index (κ2) is 6.70. The summed E-state index contributed by atoms with van der Waals surface area (Å²) >= 11 is 0. The number of hydrogen-bond acceptors (Lipinski definition) is 5. The summed E-state index contributed by atoms with van der Waals surface area (Å²) in [5.74, 6) is -0.125. The molecule has 0 N–H and O–H groups in total. The molecule has 0 unspecified atom stereocenters. The van der Waals surface area contributed by atoms with Crippen molar-refractivity contribution in [2.45, 2.75) is 11.4 Å². The van der Waals surface area contributed by atoms with Gasteiger partial charge in [-0.25, -0.2) is 13.4 Å². The Labute approximate surface area is 140 Å². The molecule has 0 atom stereocenters. The van der Waals surface area contributed by atoms with Crippen LogP contribution in [-0.2, 0) is 17.1 Å². The van der Waals surface area contributed by atoms with Crippen LogP contribution in [0.5, 0.6) is 0 Å². The van der Waals surface area contributed by atoms with Gasteiger partial charge in [-0.2, -0.15) is 4.31 Å². The predicted molar refractivity (Wildman–Crippen MR) is 86.7 cm³/mol. The Morgan fingerprint density at radius 1 is 1.21 bits per heavy atom. The van der Waals surface area contributed by atoms with Gasteiger partial charge in [0.25, 0.3) is 15.9 Å². The monoisotopic (exact) mass is 349 g/mol. The molecule has 1 fully saturated rings. The highest BCUT2D eigenvalue weighted by molar-refractivity contribution is 7.89. The highest BCUT2D eigenvalue weighted by atomic mass is 32.2. The van der Waals surface area contributed by atoms with E-state index in [9.17, 15) is 13.2 Å². The van der Waals surface area contributed by atoms with Gasteiger partial charge in [0.1, 0.15) is 0 Å². The van der Waals surface area contributed by atoms with Gasteiger partial charge in [-0.1, -0.05) is 0 Å². The highest BCUT2D eigenvalue weighted by Gasteiger charge is 2.30. The van der Waals surface area contributed by atoms with E-state index in [2.05, 4.69) is 9.97 Å². The minimum Gasteiger partial charge on any atom is -0.339 e. The summed E-state index contributed by atoms with van der Waals surface area (Å²) in [6.45, 7) is 1.49. The van der Waals surface area contributed by atoms with Crippen LogP contribution in [0.2, 0.25) is 0 Å². The summed E-state index contributed by atoms with van der Waals surface area (Å²) in [5.41, 5.74) is 0.513. The Hall–Kier alpha value is -2.26. The number of carbonyl (C=O) groups is 1. The number of aryl methyl sites for hydroxylation is 1. The van der Waals surface area contributed by atoms with Crippen molar-refractivity contribution in [3.8, 4) is 0 Å². The van der Waals surface area contributed by atoms with Crippen LogP contribution in [0.1, 0.15) is 16.8 Å². The highest BCUT2D eigenvalue weighted by Crippen LogP contribution is 2.16. The lowest BCUT2D eigenvalue weighted by atomic mass is 10.2. The van der Waals surface area contributed by atoms with Gasteiger partial charge in [0, 0.05) is 51.8 Å². The van der Waals surface area contributed by atoms with Gasteiger partial charge in [0.2, 0.25) is 0 Å². The fourth-order valence-corrected chi connectivity index (χ4v) is 4.10. The van der Waals surface area contributed by atoms with E-state index >= 15 is 0 Å². The first-order valence-electron chi connectivity index (χ1n) is 7.66. The zero-order valence-electron chi connectivity index (χ0n) is 13.4. The van der Waals surface area contributed by atoms with Crippen LogP contribution >= 0.6 is 0 Å². The first-order valence-corrected chi connectivity index (χ1v) is 9.10. The largest absolute Gasteiger partial charge is 0.339 e.